The smallest absolute Gasteiger partial charge is 0.256 e. The first-order chi connectivity index (χ1) is 13.1. The number of fused-ring (bicyclic) bond motifs is 2. The molecule has 1 N–H and O–H groups in total. The van der Waals surface area contributed by atoms with Crippen molar-refractivity contribution in [3.8, 4) is 5.88 Å². The summed E-state index contributed by atoms with van der Waals surface area (Å²) < 4.78 is 5.39. The van der Waals surface area contributed by atoms with E-state index >= 15 is 0 Å². The molecule has 1 aromatic carbocycles. The normalized spacial score (nSPS) is 17.6. The Morgan fingerprint density at radius 3 is 2.96 bits per heavy atom. The average molecular weight is 383 g/mol. The highest BCUT2D eigenvalue weighted by molar-refractivity contribution is 8.01. The van der Waals surface area contributed by atoms with E-state index in [-0.39, 0.29) is 23.6 Å². The fourth-order valence-corrected chi connectivity index (χ4v) is 4.71. The number of nitrogens with one attached hydrogen (secondary N) is 1. The number of nitrogens with zero attached hydrogens (tertiary/aromatic N) is 2. The number of pyridine rings is 1. The number of carbonyl (C=O) groups excluding carboxylic acids is 2. The maximum absolute atomic E-state index is 12.6. The molecule has 140 valence electrons. The first-order valence-corrected chi connectivity index (χ1v) is 9.87. The van der Waals surface area contributed by atoms with Gasteiger partial charge in [0.2, 0.25) is 11.8 Å². The molecule has 7 heteroatoms. The summed E-state index contributed by atoms with van der Waals surface area (Å²) in [6, 6.07) is 9.90. The number of ether oxygens (including phenoxy) is 1. The van der Waals surface area contributed by atoms with Crippen LogP contribution in [-0.4, -0.2) is 40.6 Å². The molecule has 0 aliphatic carbocycles. The Balaban J connectivity index is 1.47. The van der Waals surface area contributed by atoms with Crippen molar-refractivity contribution in [2.75, 3.05) is 13.7 Å². The molecule has 1 atom stereocenters. The molecule has 6 nitrogen and oxygen atoms in total. The second kappa shape index (κ2) is 7.23. The van der Waals surface area contributed by atoms with Crippen LogP contribution in [0.2, 0.25) is 0 Å². The summed E-state index contributed by atoms with van der Waals surface area (Å²) in [6.07, 6.45) is 0.732. The summed E-state index contributed by atoms with van der Waals surface area (Å²) in [4.78, 5) is 32.4. The van der Waals surface area contributed by atoms with E-state index in [1.807, 2.05) is 25.1 Å². The molecule has 0 radical (unpaired) electrons. The second-order valence-corrected chi connectivity index (χ2v) is 7.85. The first kappa shape index (κ1) is 17.9. The van der Waals surface area contributed by atoms with E-state index in [0.717, 1.165) is 17.7 Å². The van der Waals surface area contributed by atoms with E-state index in [2.05, 4.69) is 16.4 Å². The Morgan fingerprint density at radius 1 is 1.41 bits per heavy atom. The molecule has 0 saturated heterocycles. The lowest BCUT2D eigenvalue weighted by molar-refractivity contribution is -0.120. The van der Waals surface area contributed by atoms with Crippen molar-refractivity contribution in [2.45, 2.75) is 36.6 Å². The van der Waals surface area contributed by atoms with E-state index in [4.69, 9.17) is 4.74 Å². The van der Waals surface area contributed by atoms with Crippen LogP contribution in [0.25, 0.3) is 0 Å². The third kappa shape index (κ3) is 3.27. The van der Waals surface area contributed by atoms with Gasteiger partial charge in [-0.15, -0.1) is 11.8 Å². The largest absolute Gasteiger partial charge is 0.481 e. The van der Waals surface area contributed by atoms with Gasteiger partial charge < -0.3 is 15.0 Å². The molecule has 3 heterocycles. The van der Waals surface area contributed by atoms with Crippen LogP contribution in [0.4, 0.5) is 0 Å². The fourth-order valence-electron chi connectivity index (χ4n) is 3.49. The lowest BCUT2D eigenvalue weighted by Crippen LogP contribution is -2.32. The minimum absolute atomic E-state index is 0.0136. The van der Waals surface area contributed by atoms with Gasteiger partial charge in [0.1, 0.15) is 0 Å². The molecule has 4 rings (SSSR count). The minimum Gasteiger partial charge on any atom is -0.481 e. The van der Waals surface area contributed by atoms with Crippen LogP contribution in [-0.2, 0) is 24.3 Å². The number of carbonyl (C=O) groups is 2. The maximum Gasteiger partial charge on any atom is 0.256 e. The molecule has 0 bridgehead atoms. The number of aromatic nitrogens is 1. The van der Waals surface area contributed by atoms with Crippen LogP contribution < -0.4 is 10.1 Å². The third-order valence-corrected chi connectivity index (χ3v) is 6.28. The Morgan fingerprint density at radius 2 is 2.22 bits per heavy atom. The fraction of sp³-hybridized carbons (Fsp3) is 0.350. The number of benzene rings is 1. The van der Waals surface area contributed by atoms with Crippen molar-refractivity contribution in [3.63, 3.8) is 0 Å². The topological polar surface area (TPSA) is 71.5 Å². The van der Waals surface area contributed by atoms with Crippen LogP contribution in [0.15, 0.2) is 35.2 Å². The van der Waals surface area contributed by atoms with Crippen LogP contribution in [0.3, 0.4) is 0 Å². The van der Waals surface area contributed by atoms with Gasteiger partial charge in [-0.25, -0.2) is 4.98 Å². The molecule has 2 amide bonds. The highest BCUT2D eigenvalue weighted by atomic mass is 32.2. The summed E-state index contributed by atoms with van der Waals surface area (Å²) in [7, 11) is 1.55. The van der Waals surface area contributed by atoms with Gasteiger partial charge in [0.05, 0.1) is 30.2 Å². The zero-order chi connectivity index (χ0) is 19.0. The van der Waals surface area contributed by atoms with Crippen molar-refractivity contribution >= 4 is 23.6 Å². The summed E-state index contributed by atoms with van der Waals surface area (Å²) in [5.41, 5.74) is 3.27. The van der Waals surface area contributed by atoms with Crippen LogP contribution >= 0.6 is 11.8 Å². The summed E-state index contributed by atoms with van der Waals surface area (Å²) in [6.45, 7) is 3.38. The standard InChI is InChI=1S/C20H21N3O3S/c1-3-23-11-15-14(20(23)25)8-13(19(22-15)26-2)10-21-18(24)17-9-12-6-4-5-7-16(12)27-17/h4-8,17H,3,9-11H2,1-2H3,(H,21,24). The van der Waals surface area contributed by atoms with E-state index in [1.54, 1.807) is 29.8 Å². The zero-order valence-electron chi connectivity index (χ0n) is 15.3. The van der Waals surface area contributed by atoms with E-state index in [1.165, 1.54) is 10.5 Å². The molecule has 1 unspecified atom stereocenters. The van der Waals surface area contributed by atoms with E-state index in [9.17, 15) is 9.59 Å². The maximum atomic E-state index is 12.6. The Kier molecular flexibility index (Phi) is 4.78. The summed E-state index contributed by atoms with van der Waals surface area (Å²) >= 11 is 1.59. The molecular formula is C20H21N3O3S. The van der Waals surface area contributed by atoms with Crippen LogP contribution in [0.5, 0.6) is 5.88 Å². The highest BCUT2D eigenvalue weighted by Gasteiger charge is 2.30. The Bertz CT molecular complexity index is 890. The van der Waals surface area contributed by atoms with Gasteiger partial charge >= 0.3 is 0 Å². The number of amides is 2. The monoisotopic (exact) mass is 383 g/mol. The molecule has 0 saturated carbocycles. The number of methoxy groups -OCH3 is 1. The van der Waals surface area contributed by atoms with Gasteiger partial charge in [0.15, 0.2) is 0 Å². The predicted octanol–water partition coefficient (Wildman–Crippen LogP) is 2.40. The van der Waals surface area contributed by atoms with Crippen molar-refractivity contribution in [2.24, 2.45) is 0 Å². The van der Waals surface area contributed by atoms with Gasteiger partial charge in [-0.05, 0) is 31.0 Å². The summed E-state index contributed by atoms with van der Waals surface area (Å²) in [5.74, 6) is 0.430. The molecule has 2 aliphatic heterocycles. The van der Waals surface area contributed by atoms with Crippen LogP contribution in [0.1, 0.15) is 34.1 Å². The predicted molar refractivity (Wildman–Crippen MR) is 103 cm³/mol. The molecule has 0 spiro atoms. The van der Waals surface area contributed by atoms with Gasteiger partial charge in [0.25, 0.3) is 5.91 Å². The molecule has 1 aromatic heterocycles. The number of hydrogen-bond donors (Lipinski definition) is 1. The van der Waals surface area contributed by atoms with Gasteiger partial charge in [-0.2, -0.15) is 0 Å². The number of thioether (sulfide) groups is 1. The van der Waals surface area contributed by atoms with Crippen LogP contribution in [0, 0.1) is 0 Å². The lowest BCUT2D eigenvalue weighted by atomic mass is 10.1. The van der Waals surface area contributed by atoms with Crippen molar-refractivity contribution < 1.29 is 14.3 Å². The van der Waals surface area contributed by atoms with Crippen molar-refractivity contribution in [1.82, 2.24) is 15.2 Å². The quantitative estimate of drug-likeness (QED) is 0.858. The first-order valence-electron chi connectivity index (χ1n) is 8.99. The average Bonchev–Trinajstić information content (AvgIpc) is 3.26. The zero-order valence-corrected chi connectivity index (χ0v) is 16.1. The third-order valence-electron chi connectivity index (χ3n) is 4.97. The van der Waals surface area contributed by atoms with Gasteiger partial charge in [-0.1, -0.05) is 18.2 Å². The second-order valence-electron chi connectivity index (χ2n) is 6.61. The Hall–Kier alpha value is -2.54. The van der Waals surface area contributed by atoms with E-state index in [0.29, 0.717) is 24.5 Å². The molecule has 27 heavy (non-hydrogen) atoms. The SMILES string of the molecule is CCN1Cc2nc(OC)c(CNC(=O)C3Cc4ccccc4S3)cc2C1=O. The minimum atomic E-state index is -0.131. The van der Waals surface area contributed by atoms with Crippen molar-refractivity contribution in [1.29, 1.82) is 0 Å². The van der Waals surface area contributed by atoms with Crippen molar-refractivity contribution in [3.05, 3.63) is 52.7 Å². The summed E-state index contributed by atoms with van der Waals surface area (Å²) in [5, 5.41) is 2.85. The lowest BCUT2D eigenvalue weighted by Gasteiger charge is -2.13. The Labute approximate surface area is 162 Å². The van der Waals surface area contributed by atoms with Gasteiger partial charge in [-0.3, -0.25) is 9.59 Å². The molecule has 2 aliphatic rings. The number of hydrogen-bond acceptors (Lipinski definition) is 5. The highest BCUT2D eigenvalue weighted by Crippen LogP contribution is 2.36. The molecule has 0 fully saturated rings. The van der Waals surface area contributed by atoms with E-state index < -0.39 is 0 Å². The molecular weight excluding hydrogens is 362 g/mol. The molecule has 2 aromatic rings. The number of rotatable bonds is 5. The van der Waals surface area contributed by atoms with Gasteiger partial charge in [0, 0.05) is 23.5 Å².